The fraction of sp³-hybridized carbons (Fsp3) is 0.320. The first-order chi connectivity index (χ1) is 14.2. The molecule has 0 aliphatic carbocycles. The van der Waals surface area contributed by atoms with Crippen molar-refractivity contribution in [3.8, 4) is 12.1 Å². The minimum Gasteiger partial charge on any atom is -0.357 e. The maximum absolute atomic E-state index is 14.2. The first kappa shape index (κ1) is 19.9. The van der Waals surface area contributed by atoms with E-state index in [2.05, 4.69) is 12.1 Å². The van der Waals surface area contributed by atoms with Gasteiger partial charge in [0.15, 0.2) is 11.2 Å². The number of rotatable bonds is 2. The lowest BCUT2D eigenvalue weighted by Gasteiger charge is -2.36. The predicted molar refractivity (Wildman–Crippen MR) is 111 cm³/mol. The highest BCUT2D eigenvalue weighted by atomic mass is 19.1. The Hall–Kier alpha value is -3.44. The van der Waals surface area contributed by atoms with Crippen LogP contribution < -0.4 is 0 Å². The predicted octanol–water partition coefficient (Wildman–Crippen LogP) is 4.97. The second-order valence-electron chi connectivity index (χ2n) is 8.98. The molecule has 2 aliphatic heterocycles. The Balaban J connectivity index is 2.03. The number of halogens is 1. The number of benzene rings is 2. The third-order valence-electron chi connectivity index (χ3n) is 6.16. The Bertz CT molecular complexity index is 1120. The number of hydrogen-bond donors (Lipinski definition) is 0. The molecule has 3 unspecified atom stereocenters. The van der Waals surface area contributed by atoms with Gasteiger partial charge in [-0.05, 0) is 34.9 Å². The first-order valence-electron chi connectivity index (χ1n) is 9.91. The van der Waals surface area contributed by atoms with E-state index in [-0.39, 0.29) is 5.78 Å². The summed E-state index contributed by atoms with van der Waals surface area (Å²) in [6.07, 6.45) is 3.71. The number of carbonyl (C=O) groups is 1. The molecular formula is C25H22FN3O. The molecule has 2 aromatic carbocycles. The van der Waals surface area contributed by atoms with Gasteiger partial charge in [0.1, 0.15) is 5.82 Å². The summed E-state index contributed by atoms with van der Waals surface area (Å²) >= 11 is 0. The molecule has 1 saturated heterocycles. The van der Waals surface area contributed by atoms with Crippen LogP contribution in [-0.2, 0) is 4.79 Å². The van der Waals surface area contributed by atoms with Crippen molar-refractivity contribution >= 4 is 11.9 Å². The second-order valence-corrected chi connectivity index (χ2v) is 8.98. The van der Waals surface area contributed by atoms with Crippen LogP contribution in [0.1, 0.15) is 49.4 Å². The summed E-state index contributed by atoms with van der Waals surface area (Å²) in [5.41, 5.74) is -0.0301. The van der Waals surface area contributed by atoms with Crippen LogP contribution in [0.2, 0.25) is 0 Å². The first-order valence-corrected chi connectivity index (χ1v) is 9.91. The second kappa shape index (κ2) is 6.82. The molecule has 0 spiro atoms. The third kappa shape index (κ3) is 2.74. The number of hydrogen-bond acceptors (Lipinski definition) is 4. The fourth-order valence-electron chi connectivity index (χ4n) is 4.81. The number of Topliss-reactive ketones (excluding diaryl/α,β-unsaturated/α-hetero) is 1. The molecule has 2 aromatic rings. The van der Waals surface area contributed by atoms with E-state index in [1.165, 1.54) is 12.1 Å². The van der Waals surface area contributed by atoms with Gasteiger partial charge in [0.2, 0.25) is 0 Å². The van der Waals surface area contributed by atoms with Crippen LogP contribution in [0.4, 0.5) is 4.39 Å². The lowest BCUT2D eigenvalue weighted by Crippen LogP contribution is -2.43. The Morgan fingerprint density at radius 3 is 2.43 bits per heavy atom. The third-order valence-corrected chi connectivity index (χ3v) is 6.16. The van der Waals surface area contributed by atoms with E-state index < -0.39 is 34.6 Å². The maximum Gasteiger partial charge on any atom is 0.177 e. The smallest absolute Gasteiger partial charge is 0.177 e. The molecule has 4 nitrogen and oxygen atoms in total. The Morgan fingerprint density at radius 1 is 1.10 bits per heavy atom. The van der Waals surface area contributed by atoms with E-state index >= 15 is 0 Å². The molecule has 2 heterocycles. The molecule has 1 fully saturated rings. The molecule has 4 rings (SSSR count). The number of nitriles is 2. The molecule has 0 amide bonds. The van der Waals surface area contributed by atoms with Gasteiger partial charge < -0.3 is 4.90 Å². The molecule has 0 aromatic heterocycles. The molecule has 30 heavy (non-hydrogen) atoms. The number of ketones is 1. The zero-order valence-corrected chi connectivity index (χ0v) is 17.1. The molecule has 150 valence electrons. The highest BCUT2D eigenvalue weighted by Gasteiger charge is 2.64. The summed E-state index contributed by atoms with van der Waals surface area (Å²) in [6.45, 7) is 5.48. The lowest BCUT2D eigenvalue weighted by atomic mass is 9.66. The van der Waals surface area contributed by atoms with Gasteiger partial charge in [-0.3, -0.25) is 4.79 Å². The van der Waals surface area contributed by atoms with E-state index in [1.807, 2.05) is 62.2 Å². The van der Waals surface area contributed by atoms with Crippen molar-refractivity contribution in [1.82, 2.24) is 4.90 Å². The van der Waals surface area contributed by atoms with Crippen LogP contribution in [0.25, 0.3) is 6.08 Å². The Kier molecular flexibility index (Phi) is 4.51. The summed E-state index contributed by atoms with van der Waals surface area (Å²) < 4.78 is 14.2. The van der Waals surface area contributed by atoms with Crippen molar-refractivity contribution in [2.75, 3.05) is 0 Å². The largest absolute Gasteiger partial charge is 0.357 e. The Labute approximate surface area is 175 Å². The van der Waals surface area contributed by atoms with Gasteiger partial charge in [0, 0.05) is 17.5 Å². The van der Waals surface area contributed by atoms with Gasteiger partial charge >= 0.3 is 0 Å². The van der Waals surface area contributed by atoms with E-state index in [0.29, 0.717) is 5.56 Å². The van der Waals surface area contributed by atoms with Gasteiger partial charge in [-0.2, -0.15) is 10.5 Å². The maximum atomic E-state index is 14.2. The van der Waals surface area contributed by atoms with Gasteiger partial charge in [-0.1, -0.05) is 57.2 Å². The highest BCUT2D eigenvalue weighted by molar-refractivity contribution is 5.91. The summed E-state index contributed by atoms with van der Waals surface area (Å²) in [4.78, 5) is 15.5. The standard InChI is InChI=1S/C25H22FN3O/c1-24(2,3)23(30)21-20(17-8-6-9-18(26)13-17)25(14-27,15-28)22-19-10-5-4-7-16(19)11-12-29(21)22/h4-13,20-22H,1-3H3. The van der Waals surface area contributed by atoms with Crippen molar-refractivity contribution in [1.29, 1.82) is 10.5 Å². The van der Waals surface area contributed by atoms with Gasteiger partial charge in [0.05, 0.1) is 24.2 Å². The monoisotopic (exact) mass is 399 g/mol. The minimum atomic E-state index is -1.56. The lowest BCUT2D eigenvalue weighted by molar-refractivity contribution is -0.130. The van der Waals surface area contributed by atoms with Crippen LogP contribution >= 0.6 is 0 Å². The van der Waals surface area contributed by atoms with Crippen molar-refractivity contribution in [3.63, 3.8) is 0 Å². The van der Waals surface area contributed by atoms with Gasteiger partial charge in [-0.15, -0.1) is 0 Å². The van der Waals surface area contributed by atoms with Crippen molar-refractivity contribution in [2.45, 2.75) is 38.8 Å². The van der Waals surface area contributed by atoms with Crippen molar-refractivity contribution < 1.29 is 9.18 Å². The van der Waals surface area contributed by atoms with Gasteiger partial charge in [0.25, 0.3) is 0 Å². The molecule has 3 atom stereocenters. The van der Waals surface area contributed by atoms with E-state index in [1.54, 1.807) is 12.1 Å². The van der Waals surface area contributed by atoms with Gasteiger partial charge in [-0.25, -0.2) is 4.39 Å². The summed E-state index contributed by atoms with van der Waals surface area (Å²) in [6, 6.07) is 16.6. The topological polar surface area (TPSA) is 67.9 Å². The van der Waals surface area contributed by atoms with Crippen LogP contribution in [0.5, 0.6) is 0 Å². The molecule has 2 aliphatic rings. The zero-order valence-electron chi connectivity index (χ0n) is 17.1. The molecule has 0 radical (unpaired) electrons. The summed E-state index contributed by atoms with van der Waals surface area (Å²) in [5.74, 6) is -1.34. The molecule has 0 saturated carbocycles. The molecular weight excluding hydrogens is 377 g/mol. The highest BCUT2D eigenvalue weighted by Crippen LogP contribution is 2.60. The van der Waals surface area contributed by atoms with Crippen LogP contribution in [-0.4, -0.2) is 16.7 Å². The summed E-state index contributed by atoms with van der Waals surface area (Å²) in [5, 5.41) is 20.7. The van der Waals surface area contributed by atoms with Crippen molar-refractivity contribution in [2.24, 2.45) is 10.8 Å². The number of carbonyl (C=O) groups excluding carboxylic acids is 1. The zero-order chi connectivity index (χ0) is 21.7. The number of fused-ring (bicyclic) bond motifs is 3. The Morgan fingerprint density at radius 2 is 1.80 bits per heavy atom. The molecule has 0 bridgehead atoms. The van der Waals surface area contributed by atoms with Crippen LogP contribution in [0, 0.1) is 39.3 Å². The fourth-order valence-corrected chi connectivity index (χ4v) is 4.81. The molecule has 0 N–H and O–H groups in total. The number of nitrogens with zero attached hydrogens (tertiary/aromatic N) is 3. The SMILES string of the molecule is CC(C)(C)C(=O)C1C(c2cccc(F)c2)C(C#N)(C#N)C2c3ccccc3C=CN12. The normalized spacial score (nSPS) is 23.8. The van der Waals surface area contributed by atoms with E-state index in [0.717, 1.165) is 11.1 Å². The van der Waals surface area contributed by atoms with Crippen LogP contribution in [0.3, 0.4) is 0 Å². The van der Waals surface area contributed by atoms with Crippen molar-refractivity contribution in [3.05, 3.63) is 77.2 Å². The average Bonchev–Trinajstić information content (AvgIpc) is 3.03. The quantitative estimate of drug-likeness (QED) is 0.715. The summed E-state index contributed by atoms with van der Waals surface area (Å²) in [7, 11) is 0. The van der Waals surface area contributed by atoms with E-state index in [4.69, 9.17) is 0 Å². The van der Waals surface area contributed by atoms with E-state index in [9.17, 15) is 19.7 Å². The average molecular weight is 399 g/mol. The molecule has 5 heteroatoms. The minimum absolute atomic E-state index is 0.0850. The van der Waals surface area contributed by atoms with Crippen LogP contribution in [0.15, 0.2) is 54.7 Å².